The van der Waals surface area contributed by atoms with Crippen LogP contribution in [0.2, 0.25) is 0 Å². The van der Waals surface area contributed by atoms with Crippen molar-refractivity contribution in [3.8, 4) is 0 Å². The van der Waals surface area contributed by atoms with Crippen molar-refractivity contribution in [2.45, 2.75) is 50.9 Å². The Balaban J connectivity index is 1.73. The smallest absolute Gasteiger partial charge is 0.0706 e. The van der Waals surface area contributed by atoms with Gasteiger partial charge in [-0.15, -0.1) is 0 Å². The van der Waals surface area contributed by atoms with Crippen molar-refractivity contribution in [2.24, 2.45) is 0 Å². The first-order valence-corrected chi connectivity index (χ1v) is 6.32. The molecule has 2 heterocycles. The van der Waals surface area contributed by atoms with Crippen LogP contribution in [0.1, 0.15) is 32.6 Å². The Bertz CT molecular complexity index is 192. The Hall–Kier alpha value is -0.120. The molecule has 88 valence electrons. The van der Waals surface area contributed by atoms with E-state index in [4.69, 9.17) is 4.74 Å². The predicted molar refractivity (Wildman–Crippen MR) is 62.1 cm³/mol. The number of hydrogen-bond donors (Lipinski definition) is 1. The highest BCUT2D eigenvalue weighted by Gasteiger charge is 2.25. The van der Waals surface area contributed by atoms with Crippen LogP contribution in [-0.2, 0) is 4.74 Å². The van der Waals surface area contributed by atoms with Gasteiger partial charge < -0.3 is 10.1 Å². The molecule has 0 aromatic carbocycles. The monoisotopic (exact) mass is 212 g/mol. The molecule has 2 rings (SSSR count). The Morgan fingerprint density at radius 3 is 2.80 bits per heavy atom. The van der Waals surface area contributed by atoms with E-state index in [0.717, 1.165) is 19.1 Å². The molecule has 0 radical (unpaired) electrons. The molecule has 2 aliphatic heterocycles. The van der Waals surface area contributed by atoms with Crippen LogP contribution < -0.4 is 5.32 Å². The average molecular weight is 212 g/mol. The van der Waals surface area contributed by atoms with Crippen LogP contribution in [0.15, 0.2) is 0 Å². The quantitative estimate of drug-likeness (QED) is 0.762. The normalized spacial score (nSPS) is 37.4. The van der Waals surface area contributed by atoms with Crippen molar-refractivity contribution in [1.29, 1.82) is 0 Å². The first kappa shape index (κ1) is 11.4. The molecular formula is C12H24N2O. The van der Waals surface area contributed by atoms with Gasteiger partial charge in [-0.2, -0.15) is 0 Å². The number of likely N-dealkylation sites (N-methyl/N-ethyl adjacent to an activating group) is 1. The van der Waals surface area contributed by atoms with Gasteiger partial charge in [0.1, 0.15) is 0 Å². The summed E-state index contributed by atoms with van der Waals surface area (Å²) in [4.78, 5) is 2.48. The Morgan fingerprint density at radius 2 is 2.20 bits per heavy atom. The van der Waals surface area contributed by atoms with Gasteiger partial charge in [0, 0.05) is 19.1 Å². The number of nitrogens with one attached hydrogen (secondary N) is 1. The summed E-state index contributed by atoms with van der Waals surface area (Å²) in [7, 11) is 2.24. The zero-order chi connectivity index (χ0) is 10.7. The van der Waals surface area contributed by atoms with E-state index in [1.165, 1.54) is 32.2 Å². The molecule has 0 amide bonds. The SMILES string of the molecule is CC1CCC(CN(C)C2CCCNC2)O1. The summed E-state index contributed by atoms with van der Waals surface area (Å²) >= 11 is 0. The molecule has 2 fully saturated rings. The van der Waals surface area contributed by atoms with Crippen molar-refractivity contribution in [2.75, 3.05) is 26.7 Å². The molecule has 2 aliphatic rings. The van der Waals surface area contributed by atoms with Gasteiger partial charge in [0.2, 0.25) is 0 Å². The Labute approximate surface area is 93.2 Å². The van der Waals surface area contributed by atoms with Crippen LogP contribution in [0.3, 0.4) is 0 Å². The van der Waals surface area contributed by atoms with E-state index in [-0.39, 0.29) is 0 Å². The van der Waals surface area contributed by atoms with Crippen molar-refractivity contribution in [3.63, 3.8) is 0 Å². The summed E-state index contributed by atoms with van der Waals surface area (Å²) in [5.74, 6) is 0. The summed E-state index contributed by atoms with van der Waals surface area (Å²) in [6.45, 7) is 5.64. The van der Waals surface area contributed by atoms with Crippen LogP contribution in [0.4, 0.5) is 0 Å². The zero-order valence-electron chi connectivity index (χ0n) is 10.0. The van der Waals surface area contributed by atoms with Gasteiger partial charge in [0.25, 0.3) is 0 Å². The van der Waals surface area contributed by atoms with Crippen LogP contribution in [-0.4, -0.2) is 49.8 Å². The molecule has 15 heavy (non-hydrogen) atoms. The van der Waals surface area contributed by atoms with Gasteiger partial charge in [-0.05, 0) is 46.2 Å². The molecule has 3 atom stereocenters. The molecule has 2 saturated heterocycles. The Kier molecular flexibility index (Phi) is 4.00. The summed E-state index contributed by atoms with van der Waals surface area (Å²) in [6.07, 6.45) is 6.09. The minimum atomic E-state index is 0.479. The van der Waals surface area contributed by atoms with Gasteiger partial charge >= 0.3 is 0 Å². The molecule has 0 aromatic rings. The average Bonchev–Trinajstić information content (AvgIpc) is 2.65. The Morgan fingerprint density at radius 1 is 1.33 bits per heavy atom. The van der Waals surface area contributed by atoms with Gasteiger partial charge in [0.15, 0.2) is 0 Å². The molecule has 3 heteroatoms. The summed E-state index contributed by atoms with van der Waals surface area (Å²) in [5, 5.41) is 3.47. The fourth-order valence-electron chi connectivity index (χ4n) is 2.70. The lowest BCUT2D eigenvalue weighted by atomic mass is 10.1. The molecule has 0 bridgehead atoms. The zero-order valence-corrected chi connectivity index (χ0v) is 10.0. The van der Waals surface area contributed by atoms with E-state index in [1.54, 1.807) is 0 Å². The number of hydrogen-bond acceptors (Lipinski definition) is 3. The number of nitrogens with zero attached hydrogens (tertiary/aromatic N) is 1. The van der Waals surface area contributed by atoms with Crippen LogP contribution in [0.5, 0.6) is 0 Å². The minimum absolute atomic E-state index is 0.479. The molecule has 3 unspecified atom stereocenters. The van der Waals surface area contributed by atoms with Crippen LogP contribution >= 0.6 is 0 Å². The highest BCUT2D eigenvalue weighted by Crippen LogP contribution is 2.20. The fraction of sp³-hybridized carbons (Fsp3) is 1.00. The molecular weight excluding hydrogens is 188 g/mol. The lowest BCUT2D eigenvalue weighted by Gasteiger charge is -2.33. The first-order chi connectivity index (χ1) is 7.25. The minimum Gasteiger partial charge on any atom is -0.374 e. The summed E-state index contributed by atoms with van der Waals surface area (Å²) < 4.78 is 5.86. The molecule has 3 nitrogen and oxygen atoms in total. The van der Waals surface area contributed by atoms with E-state index in [9.17, 15) is 0 Å². The van der Waals surface area contributed by atoms with Crippen molar-refractivity contribution in [1.82, 2.24) is 10.2 Å². The topological polar surface area (TPSA) is 24.5 Å². The number of ether oxygens (including phenoxy) is 1. The van der Waals surface area contributed by atoms with Crippen LogP contribution in [0, 0.1) is 0 Å². The van der Waals surface area contributed by atoms with E-state index < -0.39 is 0 Å². The van der Waals surface area contributed by atoms with Gasteiger partial charge in [-0.1, -0.05) is 0 Å². The van der Waals surface area contributed by atoms with Gasteiger partial charge in [-0.3, -0.25) is 4.90 Å². The third-order valence-electron chi connectivity index (χ3n) is 3.71. The summed E-state index contributed by atoms with van der Waals surface area (Å²) in [6, 6.07) is 0.721. The van der Waals surface area contributed by atoms with Crippen molar-refractivity contribution in [3.05, 3.63) is 0 Å². The highest BCUT2D eigenvalue weighted by atomic mass is 16.5. The molecule has 0 aliphatic carbocycles. The van der Waals surface area contributed by atoms with E-state index in [0.29, 0.717) is 12.2 Å². The number of piperidine rings is 1. The van der Waals surface area contributed by atoms with Gasteiger partial charge in [0.05, 0.1) is 12.2 Å². The maximum atomic E-state index is 5.86. The number of rotatable bonds is 3. The lowest BCUT2D eigenvalue weighted by Crippen LogP contribution is -2.46. The van der Waals surface area contributed by atoms with E-state index >= 15 is 0 Å². The predicted octanol–water partition coefficient (Wildman–Crippen LogP) is 1.24. The molecule has 0 spiro atoms. The van der Waals surface area contributed by atoms with E-state index in [1.807, 2.05) is 0 Å². The third-order valence-corrected chi connectivity index (χ3v) is 3.71. The van der Waals surface area contributed by atoms with E-state index in [2.05, 4.69) is 24.2 Å². The second kappa shape index (κ2) is 5.28. The largest absolute Gasteiger partial charge is 0.374 e. The highest BCUT2D eigenvalue weighted by molar-refractivity contribution is 4.80. The standard InChI is InChI=1S/C12H24N2O/c1-10-5-6-12(15-10)9-14(2)11-4-3-7-13-8-11/h10-13H,3-9H2,1-2H3. The molecule has 1 N–H and O–H groups in total. The van der Waals surface area contributed by atoms with Gasteiger partial charge in [-0.25, -0.2) is 0 Å². The summed E-state index contributed by atoms with van der Waals surface area (Å²) in [5.41, 5.74) is 0. The molecule has 0 saturated carbocycles. The second-order valence-electron chi connectivity index (χ2n) is 5.09. The van der Waals surface area contributed by atoms with Crippen molar-refractivity contribution < 1.29 is 4.74 Å². The van der Waals surface area contributed by atoms with Crippen molar-refractivity contribution >= 4 is 0 Å². The fourth-order valence-corrected chi connectivity index (χ4v) is 2.70. The lowest BCUT2D eigenvalue weighted by molar-refractivity contribution is 0.0259. The maximum Gasteiger partial charge on any atom is 0.0706 e. The van der Waals surface area contributed by atoms with Crippen LogP contribution in [0.25, 0.3) is 0 Å². The molecule has 0 aromatic heterocycles. The second-order valence-corrected chi connectivity index (χ2v) is 5.09. The maximum absolute atomic E-state index is 5.86. The third kappa shape index (κ3) is 3.16. The first-order valence-electron chi connectivity index (χ1n) is 6.32.